The molecule has 0 spiro atoms. The first-order chi connectivity index (χ1) is 26.8. The Balaban J connectivity index is 1.02. The molecular formula is C52H34N2. The van der Waals surface area contributed by atoms with Gasteiger partial charge < -0.3 is 9.13 Å². The van der Waals surface area contributed by atoms with E-state index < -0.39 is 0 Å². The van der Waals surface area contributed by atoms with Crippen LogP contribution in [0.2, 0.25) is 0 Å². The molecule has 0 aliphatic heterocycles. The molecule has 2 aromatic heterocycles. The van der Waals surface area contributed by atoms with Gasteiger partial charge in [-0.1, -0.05) is 146 Å². The van der Waals surface area contributed by atoms with Crippen LogP contribution in [0.4, 0.5) is 0 Å². The van der Waals surface area contributed by atoms with Crippen molar-refractivity contribution in [2.75, 3.05) is 0 Å². The fraction of sp³-hybridized carbons (Fsp3) is 0. The molecule has 0 saturated heterocycles. The fourth-order valence-electron chi connectivity index (χ4n) is 8.56. The van der Waals surface area contributed by atoms with Gasteiger partial charge in [-0.05, 0) is 99.4 Å². The smallest absolute Gasteiger partial charge is 0.0541 e. The largest absolute Gasteiger partial charge is 0.309 e. The minimum absolute atomic E-state index is 1.15. The van der Waals surface area contributed by atoms with Crippen molar-refractivity contribution in [1.29, 1.82) is 0 Å². The third-order valence-corrected chi connectivity index (χ3v) is 11.1. The van der Waals surface area contributed by atoms with E-state index in [4.69, 9.17) is 0 Å². The van der Waals surface area contributed by atoms with Gasteiger partial charge in [0.15, 0.2) is 0 Å². The van der Waals surface area contributed by atoms with E-state index in [1.807, 2.05) is 0 Å². The molecule has 0 unspecified atom stereocenters. The molecule has 11 rings (SSSR count). The Hall–Kier alpha value is -7.16. The summed E-state index contributed by atoms with van der Waals surface area (Å²) in [6, 6.07) is 75.2. The van der Waals surface area contributed by atoms with Gasteiger partial charge in [0.1, 0.15) is 0 Å². The maximum Gasteiger partial charge on any atom is 0.0541 e. The summed E-state index contributed by atoms with van der Waals surface area (Å²) in [5.74, 6) is 0. The predicted molar refractivity (Wildman–Crippen MR) is 229 cm³/mol. The fourth-order valence-corrected chi connectivity index (χ4v) is 8.56. The van der Waals surface area contributed by atoms with Crippen LogP contribution in [-0.2, 0) is 0 Å². The quantitative estimate of drug-likeness (QED) is 0.171. The van der Waals surface area contributed by atoms with E-state index in [1.165, 1.54) is 93.5 Å². The summed E-state index contributed by atoms with van der Waals surface area (Å²) in [7, 11) is 0. The molecule has 0 atom stereocenters. The Bertz CT molecular complexity index is 3190. The molecule has 2 heteroatoms. The third-order valence-electron chi connectivity index (χ3n) is 11.1. The molecule has 11 aromatic rings. The predicted octanol–water partition coefficient (Wildman–Crippen LogP) is 14.0. The summed E-state index contributed by atoms with van der Waals surface area (Å²) in [4.78, 5) is 0. The lowest BCUT2D eigenvalue weighted by molar-refractivity contribution is 1.18. The Morgan fingerprint density at radius 3 is 1.37 bits per heavy atom. The van der Waals surface area contributed by atoms with Crippen LogP contribution in [-0.4, -0.2) is 9.13 Å². The van der Waals surface area contributed by atoms with Crippen molar-refractivity contribution in [1.82, 2.24) is 9.13 Å². The zero-order chi connectivity index (χ0) is 35.6. The molecule has 0 amide bonds. The molecule has 0 aliphatic rings. The van der Waals surface area contributed by atoms with Crippen molar-refractivity contribution < 1.29 is 0 Å². The highest BCUT2D eigenvalue weighted by Crippen LogP contribution is 2.39. The van der Waals surface area contributed by atoms with Crippen LogP contribution in [0.1, 0.15) is 0 Å². The topological polar surface area (TPSA) is 9.86 Å². The van der Waals surface area contributed by atoms with Crippen molar-refractivity contribution in [3.8, 4) is 44.8 Å². The van der Waals surface area contributed by atoms with E-state index in [1.54, 1.807) is 0 Å². The van der Waals surface area contributed by atoms with Gasteiger partial charge in [0.25, 0.3) is 0 Å². The van der Waals surface area contributed by atoms with Crippen LogP contribution in [0.3, 0.4) is 0 Å². The normalized spacial score (nSPS) is 11.7. The van der Waals surface area contributed by atoms with Gasteiger partial charge in [0, 0.05) is 32.6 Å². The first-order valence-electron chi connectivity index (χ1n) is 18.6. The van der Waals surface area contributed by atoms with Crippen LogP contribution in [0.25, 0.3) is 99.1 Å². The lowest BCUT2D eigenvalue weighted by atomic mass is 9.99. The lowest BCUT2D eigenvalue weighted by Crippen LogP contribution is -1.95. The van der Waals surface area contributed by atoms with Crippen molar-refractivity contribution in [3.05, 3.63) is 206 Å². The van der Waals surface area contributed by atoms with Crippen LogP contribution in [0.5, 0.6) is 0 Å². The van der Waals surface area contributed by atoms with E-state index >= 15 is 0 Å². The van der Waals surface area contributed by atoms with Crippen molar-refractivity contribution in [2.24, 2.45) is 0 Å². The minimum Gasteiger partial charge on any atom is -0.309 e. The number of aromatic nitrogens is 2. The number of nitrogens with zero attached hydrogens (tertiary/aromatic N) is 2. The summed E-state index contributed by atoms with van der Waals surface area (Å²) in [6.45, 7) is 0. The Morgan fingerprint density at radius 2 is 0.685 bits per heavy atom. The standard InChI is InChI=1S/C52H34N2/c1-2-12-35(13-3-1)38-16-10-17-39(32-38)36-24-28-42(29-25-36)53-49-21-8-6-19-44(49)46-33-40(26-30-51(46)53)41-27-31-52-47(34-41)45-20-7-9-22-50(45)54(52)48-23-11-15-37-14-4-5-18-43(37)48/h1-34H. The molecule has 0 N–H and O–H groups in total. The van der Waals surface area contributed by atoms with Gasteiger partial charge in [-0.15, -0.1) is 0 Å². The number of rotatable bonds is 5. The highest BCUT2D eigenvalue weighted by molar-refractivity contribution is 6.13. The van der Waals surface area contributed by atoms with Gasteiger partial charge in [-0.3, -0.25) is 0 Å². The second-order valence-electron chi connectivity index (χ2n) is 14.2. The lowest BCUT2D eigenvalue weighted by Gasteiger charge is -2.12. The van der Waals surface area contributed by atoms with E-state index in [0.29, 0.717) is 0 Å². The second-order valence-corrected chi connectivity index (χ2v) is 14.2. The summed E-state index contributed by atoms with van der Waals surface area (Å²) < 4.78 is 4.83. The van der Waals surface area contributed by atoms with Crippen molar-refractivity contribution in [3.63, 3.8) is 0 Å². The average Bonchev–Trinajstić information content (AvgIpc) is 3.76. The van der Waals surface area contributed by atoms with Gasteiger partial charge >= 0.3 is 0 Å². The highest BCUT2D eigenvalue weighted by Gasteiger charge is 2.17. The minimum atomic E-state index is 1.15. The maximum atomic E-state index is 2.43. The summed E-state index contributed by atoms with van der Waals surface area (Å²) >= 11 is 0. The van der Waals surface area contributed by atoms with E-state index in [2.05, 4.69) is 215 Å². The summed E-state index contributed by atoms with van der Waals surface area (Å²) in [6.07, 6.45) is 0. The first-order valence-corrected chi connectivity index (χ1v) is 18.6. The number of benzene rings is 9. The maximum absolute atomic E-state index is 2.43. The zero-order valence-corrected chi connectivity index (χ0v) is 29.5. The molecule has 0 radical (unpaired) electrons. The zero-order valence-electron chi connectivity index (χ0n) is 29.5. The van der Waals surface area contributed by atoms with E-state index in [0.717, 1.165) is 5.69 Å². The SMILES string of the molecule is c1ccc(-c2cccc(-c3ccc(-n4c5ccccc5c5cc(-c6ccc7c(c6)c6ccccc6n7-c6cccc7ccccc67)ccc54)cc3)c2)cc1. The highest BCUT2D eigenvalue weighted by atomic mass is 15.0. The van der Waals surface area contributed by atoms with E-state index in [-0.39, 0.29) is 0 Å². The second kappa shape index (κ2) is 12.2. The Kier molecular flexibility index (Phi) is 6.90. The van der Waals surface area contributed by atoms with Crippen LogP contribution >= 0.6 is 0 Å². The van der Waals surface area contributed by atoms with Gasteiger partial charge in [-0.2, -0.15) is 0 Å². The number of para-hydroxylation sites is 2. The van der Waals surface area contributed by atoms with Gasteiger partial charge in [0.2, 0.25) is 0 Å². The number of hydrogen-bond acceptors (Lipinski definition) is 0. The van der Waals surface area contributed by atoms with Crippen molar-refractivity contribution >= 4 is 54.4 Å². The molecule has 0 aliphatic carbocycles. The van der Waals surface area contributed by atoms with E-state index in [9.17, 15) is 0 Å². The molecule has 252 valence electrons. The molecule has 2 heterocycles. The first kappa shape index (κ1) is 30.5. The van der Waals surface area contributed by atoms with Gasteiger partial charge in [0.05, 0.1) is 27.8 Å². The van der Waals surface area contributed by atoms with Crippen LogP contribution in [0.15, 0.2) is 206 Å². The number of hydrogen-bond donors (Lipinski definition) is 0. The van der Waals surface area contributed by atoms with Crippen LogP contribution in [0, 0.1) is 0 Å². The van der Waals surface area contributed by atoms with Gasteiger partial charge in [-0.25, -0.2) is 0 Å². The average molecular weight is 687 g/mol. The molecular weight excluding hydrogens is 653 g/mol. The summed E-state index contributed by atoms with van der Waals surface area (Å²) in [5.41, 5.74) is 14.5. The molecule has 0 saturated carbocycles. The van der Waals surface area contributed by atoms with Crippen molar-refractivity contribution in [2.45, 2.75) is 0 Å². The molecule has 0 bridgehead atoms. The molecule has 9 aromatic carbocycles. The Morgan fingerprint density at radius 1 is 0.241 bits per heavy atom. The molecule has 54 heavy (non-hydrogen) atoms. The Labute approximate surface area is 313 Å². The molecule has 2 nitrogen and oxygen atoms in total. The molecule has 0 fully saturated rings. The number of fused-ring (bicyclic) bond motifs is 7. The monoisotopic (exact) mass is 686 g/mol. The third kappa shape index (κ3) is 4.81. The van der Waals surface area contributed by atoms with Crippen LogP contribution < -0.4 is 0 Å². The summed E-state index contributed by atoms with van der Waals surface area (Å²) in [5, 5.41) is 7.52.